The van der Waals surface area contributed by atoms with Crippen molar-refractivity contribution < 1.29 is 0 Å². The predicted octanol–water partition coefficient (Wildman–Crippen LogP) is 29.1. The van der Waals surface area contributed by atoms with Crippen LogP contribution in [0.1, 0.15) is 449 Å². The van der Waals surface area contributed by atoms with Gasteiger partial charge in [0.1, 0.15) is 0 Å². The smallest absolute Gasteiger partial charge is 0.0149 e. The first-order chi connectivity index (χ1) is 51.6. The molecule has 11 fully saturated rings. The van der Waals surface area contributed by atoms with Crippen molar-refractivity contribution in [2.45, 2.75) is 517 Å². The van der Waals surface area contributed by atoms with Crippen molar-refractivity contribution in [3.05, 3.63) is 0 Å². The Kier molecular flexibility index (Phi) is 39.0. The second kappa shape index (κ2) is 41.2. The lowest BCUT2D eigenvalue weighted by Crippen LogP contribution is -2.59. The third-order valence-electron chi connectivity index (χ3n) is 31.1. The van der Waals surface area contributed by atoms with Crippen molar-refractivity contribution in [2.75, 3.05) is 78.5 Å². The number of nitrogens with zero attached hydrogens (tertiary/aromatic N) is 8. The largest absolute Gasteiger partial charge is 0.298 e. The van der Waals surface area contributed by atoms with Crippen LogP contribution in [0.5, 0.6) is 0 Å². The van der Waals surface area contributed by atoms with Gasteiger partial charge in [-0.05, 0) is 411 Å². The fraction of sp³-hybridized carbons (Fsp3) is 1.00. The Morgan fingerprint density at radius 2 is 0.534 bits per heavy atom. The zero-order valence-electron chi connectivity index (χ0n) is 89.5. The van der Waals surface area contributed by atoms with Crippen LogP contribution in [-0.2, 0) is 0 Å². The summed E-state index contributed by atoms with van der Waals surface area (Å²) in [4.78, 5) is 21.4. The number of piperidine rings is 4. The van der Waals surface area contributed by atoms with Crippen molar-refractivity contribution in [3.63, 3.8) is 0 Å². The van der Waals surface area contributed by atoms with E-state index in [9.17, 15) is 0 Å². The van der Waals surface area contributed by atoms with Crippen LogP contribution in [0, 0.1) is 102 Å². The van der Waals surface area contributed by atoms with Crippen LogP contribution in [0.15, 0.2) is 0 Å². The van der Waals surface area contributed by atoms with E-state index in [0.717, 1.165) is 83.3 Å². The molecule has 692 valence electrons. The second-order valence-electron chi connectivity index (χ2n) is 56.7. The number of hydrogen-bond donors (Lipinski definition) is 0. The van der Waals surface area contributed by atoms with Crippen molar-refractivity contribution in [3.8, 4) is 0 Å². The van der Waals surface area contributed by atoms with Gasteiger partial charge < -0.3 is 0 Å². The van der Waals surface area contributed by atoms with E-state index in [0.29, 0.717) is 87.6 Å². The molecule has 6 bridgehead atoms. The van der Waals surface area contributed by atoms with Crippen molar-refractivity contribution >= 4 is 0 Å². The lowest BCUT2D eigenvalue weighted by molar-refractivity contribution is -0.0345. The molecule has 8 nitrogen and oxygen atoms in total. The number of fused-ring (bicyclic) bond motifs is 6. The highest BCUT2D eigenvalue weighted by Crippen LogP contribution is 2.54. The van der Waals surface area contributed by atoms with Gasteiger partial charge in [0, 0.05) is 108 Å². The standard InChI is InChI=1S/2C15H29N.C14H27N.C14H29N.C13H27N.2C12H25N.C11H23N.C2H6/c1-14(2,3)11-9-12-7-8-13(10-11)16(12)15(4,5)6;1-14(2,3)13-11-7-8-12(13)10-16(9-11)15(4,5)6;1-13(2,3)12-8-11-7-10(12)9-15(11)14(4,5)6;1-13(2,3)12-8-7-10-15(11-9-12)14(4,5)6;1-12(2,3)11-7-9-14(10-8-11)13(4,5)6;1-11(2,3)10-7-8-13(9-10)12(4,5)6;1-11(2,3)10-8-7-9-13(10)12(4,5)6;1-10(2,3)9-7-12(8-9)11(4,5)6;1-2/h2*11-13H,7-10H2,1-6H3;10-12H,7-9H2,1-6H3;12H,7-11H2,1-6H3;11H,7-10H2,1-6H3;2*10H,7-9H2,1-6H3;9H,7-8H2,1-6H3;1-2H3. The Morgan fingerprint density at radius 1 is 0.198 bits per heavy atom. The molecule has 0 N–H and O–H groups in total. The van der Waals surface area contributed by atoms with Crippen LogP contribution >= 0.6 is 0 Å². The molecule has 0 amide bonds. The monoisotopic (exact) mass is 1630 g/mol. The Balaban J connectivity index is 0.000000342. The molecule has 0 aromatic carbocycles. The minimum Gasteiger partial charge on any atom is -0.298 e. The molecule has 0 radical (unpaired) electrons. The summed E-state index contributed by atoms with van der Waals surface area (Å²) in [5, 5.41) is 0. The average Bonchev–Trinajstić information content (AvgIpc) is 1.59. The van der Waals surface area contributed by atoms with Gasteiger partial charge in [0.25, 0.3) is 0 Å². The summed E-state index contributed by atoms with van der Waals surface area (Å²) >= 11 is 0. The van der Waals surface area contributed by atoms with Crippen LogP contribution in [0.2, 0.25) is 0 Å². The zero-order chi connectivity index (χ0) is 90.5. The molecule has 11 aliphatic rings. The molecular formula is C108H220N8. The van der Waals surface area contributed by atoms with Gasteiger partial charge in [0.2, 0.25) is 0 Å². The molecule has 10 unspecified atom stereocenters. The van der Waals surface area contributed by atoms with Gasteiger partial charge in [-0.3, -0.25) is 39.2 Å². The van der Waals surface area contributed by atoms with Crippen LogP contribution < -0.4 is 0 Å². The summed E-state index contributed by atoms with van der Waals surface area (Å²) in [5.41, 5.74) is 6.86. The summed E-state index contributed by atoms with van der Waals surface area (Å²) in [6.45, 7) is 133. The number of hydrogen-bond acceptors (Lipinski definition) is 8. The minimum absolute atomic E-state index is 0.342. The molecule has 9 saturated heterocycles. The van der Waals surface area contributed by atoms with Gasteiger partial charge in [-0.1, -0.05) is 180 Å². The van der Waals surface area contributed by atoms with E-state index in [2.05, 4.69) is 372 Å². The third-order valence-corrected chi connectivity index (χ3v) is 31.1. The maximum absolute atomic E-state index is 2.81. The molecule has 116 heavy (non-hydrogen) atoms. The van der Waals surface area contributed by atoms with E-state index in [1.807, 2.05) is 13.8 Å². The molecule has 9 heterocycles. The van der Waals surface area contributed by atoms with Crippen molar-refractivity contribution in [1.29, 1.82) is 0 Å². The van der Waals surface area contributed by atoms with Crippen LogP contribution in [0.4, 0.5) is 0 Å². The molecular weight excluding hydrogens is 1410 g/mol. The average molecular weight is 1630 g/mol. The molecule has 2 saturated carbocycles. The lowest BCUT2D eigenvalue weighted by Gasteiger charge is -2.52. The molecule has 0 aromatic rings. The maximum atomic E-state index is 2.81. The van der Waals surface area contributed by atoms with Gasteiger partial charge in [0.05, 0.1) is 0 Å². The van der Waals surface area contributed by atoms with Crippen LogP contribution in [0.25, 0.3) is 0 Å². The second-order valence-corrected chi connectivity index (χ2v) is 56.7. The van der Waals surface area contributed by atoms with Crippen molar-refractivity contribution in [2.24, 2.45) is 102 Å². The predicted molar refractivity (Wildman–Crippen MR) is 522 cm³/mol. The van der Waals surface area contributed by atoms with Gasteiger partial charge in [-0.15, -0.1) is 0 Å². The number of likely N-dealkylation sites (tertiary alicyclic amines) is 7. The number of rotatable bonds is 0. The highest BCUT2D eigenvalue weighted by atomic mass is 15.3. The van der Waals surface area contributed by atoms with Gasteiger partial charge in [0.15, 0.2) is 0 Å². The fourth-order valence-electron chi connectivity index (χ4n) is 23.2. The Morgan fingerprint density at radius 3 is 0.828 bits per heavy atom. The molecule has 2 aliphatic carbocycles. The van der Waals surface area contributed by atoms with E-state index in [4.69, 9.17) is 0 Å². The highest BCUT2D eigenvalue weighted by Gasteiger charge is 2.53. The molecule has 9 aliphatic heterocycles. The maximum Gasteiger partial charge on any atom is 0.0149 e. The topological polar surface area (TPSA) is 25.9 Å². The Bertz CT molecular complexity index is 2540. The van der Waals surface area contributed by atoms with E-state index in [-0.39, 0.29) is 0 Å². The van der Waals surface area contributed by atoms with Crippen molar-refractivity contribution in [1.82, 2.24) is 39.2 Å². The normalized spacial score (nSPS) is 29.5. The quantitative estimate of drug-likeness (QED) is 0.237. The lowest BCUT2D eigenvalue weighted by atomic mass is 9.68. The van der Waals surface area contributed by atoms with Gasteiger partial charge >= 0.3 is 0 Å². The first-order valence-corrected chi connectivity index (χ1v) is 49.7. The van der Waals surface area contributed by atoms with Crippen LogP contribution in [0.3, 0.4) is 0 Å². The third kappa shape index (κ3) is 34.1. The SMILES string of the molecule is CC.CC(C)(C)C1C2CCC1CN(C(C)(C)C)C2.CC(C)(C)C1CC2CC1CN2C(C)(C)C.CC(C)(C)C1CC2CCC(C1)N2C(C)(C)C.CC(C)(C)C1CCCN(C(C)(C)C)CC1.CC(C)(C)C1CCCN1C(C)(C)C.CC(C)(C)C1CCN(C(C)(C)C)C1.CC(C)(C)C1CCN(C(C)(C)C)CC1.CC(C)(C)C1CN(C(C)(C)C)C1. The first-order valence-electron chi connectivity index (χ1n) is 49.7. The van der Waals surface area contributed by atoms with Gasteiger partial charge in [-0.25, -0.2) is 0 Å². The van der Waals surface area contributed by atoms with E-state index < -0.39 is 0 Å². The summed E-state index contributed by atoms with van der Waals surface area (Å²) in [6.07, 6.45) is 22.6. The van der Waals surface area contributed by atoms with E-state index in [1.54, 1.807) is 0 Å². The van der Waals surface area contributed by atoms with Gasteiger partial charge in [-0.2, -0.15) is 0 Å². The molecule has 0 aromatic heterocycles. The zero-order valence-corrected chi connectivity index (χ0v) is 89.5. The van der Waals surface area contributed by atoms with E-state index >= 15 is 0 Å². The summed E-state index contributed by atoms with van der Waals surface area (Å²) in [6, 6.07) is 3.37. The fourth-order valence-corrected chi connectivity index (χ4v) is 23.2. The molecule has 0 spiro atoms. The summed E-state index contributed by atoms with van der Waals surface area (Å²) in [7, 11) is 0. The first kappa shape index (κ1) is 110. The molecule has 8 heteroatoms. The molecule has 10 atom stereocenters. The molecule has 11 rings (SSSR count). The van der Waals surface area contributed by atoms with E-state index in [1.165, 1.54) is 181 Å². The van der Waals surface area contributed by atoms with Crippen LogP contribution in [-0.4, -0.2) is 186 Å². The minimum atomic E-state index is 0.342. The Labute approximate surface area is 733 Å². The summed E-state index contributed by atoms with van der Waals surface area (Å²) < 4.78 is 0. The highest BCUT2D eigenvalue weighted by molar-refractivity contribution is 5.06. The summed E-state index contributed by atoms with van der Waals surface area (Å²) in [5.74, 6) is 9.34. The Hall–Kier alpha value is -0.320.